The zero-order chi connectivity index (χ0) is 30.5. The van der Waals surface area contributed by atoms with E-state index in [1.54, 1.807) is 45.0 Å². The second kappa shape index (κ2) is 15.6. The number of alkyl carbamates (subject to hydrolysis) is 2. The van der Waals surface area contributed by atoms with Gasteiger partial charge in [-0.25, -0.2) is 9.59 Å². The van der Waals surface area contributed by atoms with Crippen LogP contribution in [-0.2, 0) is 20.9 Å². The molecule has 0 aliphatic carbocycles. The van der Waals surface area contributed by atoms with Gasteiger partial charge in [0.25, 0.3) is 11.8 Å². The summed E-state index contributed by atoms with van der Waals surface area (Å²) in [5.74, 6) is -0.930. The van der Waals surface area contributed by atoms with Crippen molar-refractivity contribution in [1.29, 1.82) is 0 Å². The Kier molecular flexibility index (Phi) is 11.9. The van der Waals surface area contributed by atoms with Crippen LogP contribution in [0.3, 0.4) is 0 Å². The average molecular weight is 581 g/mol. The molecule has 2 aromatic carbocycles. The predicted octanol–water partition coefficient (Wildman–Crippen LogP) is 4.17. The van der Waals surface area contributed by atoms with E-state index in [-0.39, 0.29) is 37.3 Å². The standard InChI is InChI=1S/C31H40N4O7/c1-31(2,3)42-29(39)33-19-12-17-25(34-30(40)41-21-22-13-6-4-7-14-22)26(36)32-18-10-5-11-20-35-27(37)23-15-8-9-16-24(23)28(35)38/h4,6-9,13-16,25H,5,10-12,17-21H2,1-3H3,(H,32,36)(H,33,39)(H,34,40). The number of carbonyl (C=O) groups is 5. The highest BCUT2D eigenvalue weighted by atomic mass is 16.6. The number of ether oxygens (including phenoxy) is 2. The number of imide groups is 1. The normalized spacial score (nSPS) is 13.3. The van der Waals surface area contributed by atoms with Gasteiger partial charge in [0, 0.05) is 19.6 Å². The van der Waals surface area contributed by atoms with Crippen LogP contribution in [0.5, 0.6) is 0 Å². The molecular formula is C31H40N4O7. The van der Waals surface area contributed by atoms with Crippen LogP contribution >= 0.6 is 0 Å². The minimum absolute atomic E-state index is 0.0638. The molecule has 3 rings (SSSR count). The van der Waals surface area contributed by atoms with E-state index in [2.05, 4.69) is 16.0 Å². The molecular weight excluding hydrogens is 540 g/mol. The van der Waals surface area contributed by atoms with Crippen LogP contribution < -0.4 is 16.0 Å². The van der Waals surface area contributed by atoms with Gasteiger partial charge in [0.05, 0.1) is 11.1 Å². The summed E-state index contributed by atoms with van der Waals surface area (Å²) in [7, 11) is 0. The van der Waals surface area contributed by atoms with E-state index >= 15 is 0 Å². The Labute approximate surface area is 246 Å². The van der Waals surface area contributed by atoms with Gasteiger partial charge in [0.1, 0.15) is 18.2 Å². The van der Waals surface area contributed by atoms with Crippen LogP contribution in [0.2, 0.25) is 0 Å². The lowest BCUT2D eigenvalue weighted by molar-refractivity contribution is -0.123. The maximum absolute atomic E-state index is 12.9. The van der Waals surface area contributed by atoms with Gasteiger partial charge >= 0.3 is 12.2 Å². The second-order valence-electron chi connectivity index (χ2n) is 11.0. The molecule has 2 aromatic rings. The van der Waals surface area contributed by atoms with Gasteiger partial charge in [-0.3, -0.25) is 19.3 Å². The fourth-order valence-corrected chi connectivity index (χ4v) is 4.34. The summed E-state index contributed by atoms with van der Waals surface area (Å²) in [5, 5.41) is 8.10. The first-order chi connectivity index (χ1) is 20.0. The molecule has 5 amide bonds. The third-order valence-electron chi connectivity index (χ3n) is 6.40. The second-order valence-corrected chi connectivity index (χ2v) is 11.0. The van der Waals surface area contributed by atoms with Gasteiger partial charge < -0.3 is 25.4 Å². The zero-order valence-electron chi connectivity index (χ0n) is 24.4. The molecule has 1 aliphatic heterocycles. The van der Waals surface area contributed by atoms with E-state index in [4.69, 9.17) is 9.47 Å². The van der Waals surface area contributed by atoms with Gasteiger partial charge in [-0.15, -0.1) is 0 Å². The van der Waals surface area contributed by atoms with Crippen LogP contribution in [0.1, 0.15) is 79.2 Å². The topological polar surface area (TPSA) is 143 Å². The van der Waals surface area contributed by atoms with Crippen LogP contribution in [0.25, 0.3) is 0 Å². The summed E-state index contributed by atoms with van der Waals surface area (Å²) >= 11 is 0. The van der Waals surface area contributed by atoms with Gasteiger partial charge in [0.2, 0.25) is 5.91 Å². The predicted molar refractivity (Wildman–Crippen MR) is 156 cm³/mol. The smallest absolute Gasteiger partial charge is 0.408 e. The Morgan fingerprint density at radius 2 is 1.40 bits per heavy atom. The number of amides is 5. The first-order valence-corrected chi connectivity index (χ1v) is 14.2. The molecule has 0 aromatic heterocycles. The van der Waals surface area contributed by atoms with Crippen molar-refractivity contribution >= 4 is 29.9 Å². The molecule has 1 unspecified atom stereocenters. The van der Waals surface area contributed by atoms with Crippen molar-refractivity contribution in [2.24, 2.45) is 0 Å². The summed E-state index contributed by atoms with van der Waals surface area (Å²) in [6, 6.07) is 15.1. The number of nitrogens with zero attached hydrogens (tertiary/aromatic N) is 1. The number of unbranched alkanes of at least 4 members (excludes halogenated alkanes) is 2. The number of hydrogen-bond donors (Lipinski definition) is 3. The molecule has 11 heteroatoms. The Morgan fingerprint density at radius 3 is 2.05 bits per heavy atom. The molecule has 0 fully saturated rings. The minimum Gasteiger partial charge on any atom is -0.445 e. The highest BCUT2D eigenvalue weighted by Crippen LogP contribution is 2.22. The highest BCUT2D eigenvalue weighted by Gasteiger charge is 2.34. The van der Waals surface area contributed by atoms with E-state index in [1.165, 1.54) is 4.90 Å². The van der Waals surface area contributed by atoms with Crippen LogP contribution in [0.15, 0.2) is 54.6 Å². The SMILES string of the molecule is CC(C)(C)OC(=O)NCCCC(NC(=O)OCc1ccccc1)C(=O)NCCCCCN1C(=O)c2ccccc2C1=O. The summed E-state index contributed by atoms with van der Waals surface area (Å²) in [6.45, 7) is 6.29. The first kappa shape index (κ1) is 32.1. The molecule has 1 heterocycles. The number of benzene rings is 2. The molecule has 0 saturated heterocycles. The fourth-order valence-electron chi connectivity index (χ4n) is 4.34. The molecule has 1 atom stereocenters. The number of carbonyl (C=O) groups excluding carboxylic acids is 5. The van der Waals surface area contributed by atoms with E-state index in [0.29, 0.717) is 49.9 Å². The van der Waals surface area contributed by atoms with Crippen LogP contribution in [0, 0.1) is 0 Å². The molecule has 42 heavy (non-hydrogen) atoms. The Balaban J connectivity index is 1.41. The molecule has 0 spiro atoms. The van der Waals surface area contributed by atoms with E-state index < -0.39 is 23.8 Å². The maximum atomic E-state index is 12.9. The number of hydrogen-bond acceptors (Lipinski definition) is 7. The molecule has 3 N–H and O–H groups in total. The highest BCUT2D eigenvalue weighted by molar-refractivity contribution is 6.21. The Morgan fingerprint density at radius 1 is 0.786 bits per heavy atom. The first-order valence-electron chi connectivity index (χ1n) is 14.2. The lowest BCUT2D eigenvalue weighted by Gasteiger charge is -2.20. The van der Waals surface area contributed by atoms with E-state index in [0.717, 1.165) is 5.56 Å². The van der Waals surface area contributed by atoms with Crippen LogP contribution in [0.4, 0.5) is 9.59 Å². The molecule has 0 saturated carbocycles. The van der Waals surface area contributed by atoms with Gasteiger partial charge in [-0.05, 0) is 70.6 Å². The lowest BCUT2D eigenvalue weighted by atomic mass is 10.1. The summed E-state index contributed by atoms with van der Waals surface area (Å²) in [4.78, 5) is 63.5. The lowest BCUT2D eigenvalue weighted by Crippen LogP contribution is -2.47. The Hall–Kier alpha value is -4.41. The molecule has 0 bridgehead atoms. The molecule has 226 valence electrons. The third-order valence-corrected chi connectivity index (χ3v) is 6.40. The maximum Gasteiger partial charge on any atom is 0.408 e. The number of fused-ring (bicyclic) bond motifs is 1. The summed E-state index contributed by atoms with van der Waals surface area (Å²) in [5.41, 5.74) is 1.05. The quantitative estimate of drug-likeness (QED) is 0.225. The van der Waals surface area contributed by atoms with Crippen molar-refractivity contribution < 1.29 is 33.4 Å². The summed E-state index contributed by atoms with van der Waals surface area (Å²) in [6.07, 6.45) is 1.31. The fraction of sp³-hybridized carbons (Fsp3) is 0.452. The van der Waals surface area contributed by atoms with Crippen molar-refractivity contribution in [2.75, 3.05) is 19.6 Å². The largest absolute Gasteiger partial charge is 0.445 e. The van der Waals surface area contributed by atoms with Crippen molar-refractivity contribution in [1.82, 2.24) is 20.9 Å². The van der Waals surface area contributed by atoms with E-state index in [9.17, 15) is 24.0 Å². The monoisotopic (exact) mass is 580 g/mol. The Bertz CT molecular complexity index is 1210. The third kappa shape index (κ3) is 10.2. The molecule has 1 aliphatic rings. The van der Waals surface area contributed by atoms with Crippen molar-refractivity contribution in [3.8, 4) is 0 Å². The molecule has 11 nitrogen and oxygen atoms in total. The van der Waals surface area contributed by atoms with Gasteiger partial charge in [-0.1, -0.05) is 42.5 Å². The van der Waals surface area contributed by atoms with E-state index in [1.807, 2.05) is 30.3 Å². The van der Waals surface area contributed by atoms with Gasteiger partial charge in [0.15, 0.2) is 0 Å². The summed E-state index contributed by atoms with van der Waals surface area (Å²) < 4.78 is 10.5. The molecule has 0 radical (unpaired) electrons. The average Bonchev–Trinajstić information content (AvgIpc) is 3.19. The van der Waals surface area contributed by atoms with Crippen LogP contribution in [-0.4, -0.2) is 66.1 Å². The van der Waals surface area contributed by atoms with Crippen molar-refractivity contribution in [2.45, 2.75) is 71.1 Å². The van der Waals surface area contributed by atoms with Crippen molar-refractivity contribution in [3.05, 3.63) is 71.3 Å². The number of rotatable bonds is 14. The van der Waals surface area contributed by atoms with Crippen molar-refractivity contribution in [3.63, 3.8) is 0 Å². The number of nitrogens with one attached hydrogen (secondary N) is 3. The zero-order valence-corrected chi connectivity index (χ0v) is 24.4. The van der Waals surface area contributed by atoms with Gasteiger partial charge in [-0.2, -0.15) is 0 Å². The minimum atomic E-state index is -0.868.